The number of nitrogens with one attached hydrogen (secondary N) is 1. The fourth-order valence-corrected chi connectivity index (χ4v) is 3.60. The zero-order chi connectivity index (χ0) is 25.8. The molecule has 0 aliphatic heterocycles. The Morgan fingerprint density at radius 2 is 1.50 bits per heavy atom. The van der Waals surface area contributed by atoms with Gasteiger partial charge >= 0.3 is 18.0 Å². The van der Waals surface area contributed by atoms with Gasteiger partial charge in [-0.2, -0.15) is 0 Å². The third-order valence-corrected chi connectivity index (χ3v) is 5.34. The number of carboxylic acids is 2. The summed E-state index contributed by atoms with van der Waals surface area (Å²) in [5, 5.41) is 19.7. The van der Waals surface area contributed by atoms with Gasteiger partial charge in [0.05, 0.1) is 0 Å². The van der Waals surface area contributed by atoms with Gasteiger partial charge in [-0.05, 0) is 65.7 Å². The second-order valence-electron chi connectivity index (χ2n) is 9.86. The van der Waals surface area contributed by atoms with Crippen LogP contribution in [0.4, 0.5) is 4.79 Å². The number of amides is 1. The summed E-state index contributed by atoms with van der Waals surface area (Å²) < 4.78 is 5.45. The maximum Gasteiger partial charge on any atom is 0.422 e. The van der Waals surface area contributed by atoms with E-state index < -0.39 is 23.6 Å². The zero-order valence-corrected chi connectivity index (χ0v) is 21.8. The minimum Gasteiger partial charge on any atom is -0.481 e. The van der Waals surface area contributed by atoms with Gasteiger partial charge in [0.2, 0.25) is 0 Å². The maximum atomic E-state index is 12.5. The molecule has 0 rings (SSSR count). The summed E-state index contributed by atoms with van der Waals surface area (Å²) in [7, 11) is 0. The molecule has 1 atom stereocenters. The van der Waals surface area contributed by atoms with E-state index in [2.05, 4.69) is 24.5 Å². The average Bonchev–Trinajstić information content (AvgIpc) is 2.71. The van der Waals surface area contributed by atoms with Gasteiger partial charge in [-0.25, -0.2) is 9.80 Å². The van der Waals surface area contributed by atoms with Crippen LogP contribution in [0, 0.1) is 0 Å². The van der Waals surface area contributed by atoms with E-state index >= 15 is 0 Å². The summed E-state index contributed by atoms with van der Waals surface area (Å²) >= 11 is 0. The molecule has 0 bridgehead atoms. The van der Waals surface area contributed by atoms with Crippen LogP contribution in [-0.2, 0) is 14.3 Å². The quantitative estimate of drug-likeness (QED) is 0.105. The van der Waals surface area contributed by atoms with Crippen molar-refractivity contribution in [1.82, 2.24) is 10.4 Å². The van der Waals surface area contributed by atoms with Crippen LogP contribution in [-0.4, -0.2) is 51.4 Å². The predicted octanol–water partition coefficient (Wildman–Crippen LogP) is 6.30. The monoisotopic (exact) mass is 484 g/mol. The lowest BCUT2D eigenvalue weighted by molar-refractivity contribution is -0.138. The maximum absolute atomic E-state index is 12.5. The van der Waals surface area contributed by atoms with E-state index in [4.69, 9.17) is 14.9 Å². The molecule has 0 fully saturated rings. The van der Waals surface area contributed by atoms with E-state index in [1.54, 1.807) is 0 Å². The van der Waals surface area contributed by atoms with E-state index in [9.17, 15) is 14.4 Å². The molecule has 0 aromatic carbocycles. The highest BCUT2D eigenvalue weighted by Gasteiger charge is 2.23. The molecule has 0 spiro atoms. The number of rotatable bonds is 20. The number of hydrogen-bond donors (Lipinski definition) is 3. The first-order chi connectivity index (χ1) is 16.0. The molecule has 198 valence electrons. The molecule has 0 aromatic rings. The minimum absolute atomic E-state index is 0.00711. The van der Waals surface area contributed by atoms with E-state index in [1.165, 1.54) is 19.3 Å². The number of aliphatic carboxylic acids is 2. The van der Waals surface area contributed by atoms with Gasteiger partial charge in [-0.3, -0.25) is 15.0 Å². The Bertz CT molecular complexity index is 601. The number of carbonyl (C=O) groups excluding carboxylic acids is 1. The lowest BCUT2D eigenvalue weighted by atomic mass is 10.0. The molecule has 0 aliphatic carbocycles. The number of nitrogens with zero attached hydrogens (tertiary/aromatic N) is 1. The molecule has 0 saturated heterocycles. The van der Waals surface area contributed by atoms with Crippen LogP contribution in [0.25, 0.3) is 0 Å². The molecule has 0 radical (unpaired) electrons. The normalized spacial score (nSPS) is 12.7. The van der Waals surface area contributed by atoms with Crippen molar-refractivity contribution in [3.8, 4) is 0 Å². The first-order valence-corrected chi connectivity index (χ1v) is 12.9. The Hall–Kier alpha value is -2.09. The second kappa shape index (κ2) is 19.2. The average molecular weight is 485 g/mol. The first-order valence-electron chi connectivity index (χ1n) is 12.9. The third-order valence-electron chi connectivity index (χ3n) is 5.34. The molecule has 34 heavy (non-hydrogen) atoms. The van der Waals surface area contributed by atoms with Crippen molar-refractivity contribution in [2.45, 2.75) is 129 Å². The molecular formula is C26H48N2O6. The minimum atomic E-state index is -0.802. The number of carboxylic acid groups (broad SMARTS) is 2. The van der Waals surface area contributed by atoms with Crippen LogP contribution in [0.1, 0.15) is 118 Å². The first kappa shape index (κ1) is 31.9. The van der Waals surface area contributed by atoms with Gasteiger partial charge in [0.25, 0.3) is 0 Å². The molecule has 1 amide bonds. The molecule has 0 saturated carbocycles. The van der Waals surface area contributed by atoms with Crippen LogP contribution in [0.5, 0.6) is 0 Å². The number of carbonyl (C=O) groups is 3. The summed E-state index contributed by atoms with van der Waals surface area (Å²) in [5.41, 5.74) is 2.28. The lowest BCUT2D eigenvalue weighted by Gasteiger charge is -2.32. The Labute approximate surface area is 206 Å². The van der Waals surface area contributed by atoms with Crippen LogP contribution in [0.2, 0.25) is 0 Å². The van der Waals surface area contributed by atoms with Gasteiger partial charge in [-0.1, -0.05) is 51.2 Å². The SMILES string of the molecule is CCCCCC/C=C\CC(CCCCC(=O)O)N(CCCCCC(=O)O)NC(=O)OC(C)(C)C. The largest absolute Gasteiger partial charge is 0.481 e. The predicted molar refractivity (Wildman–Crippen MR) is 135 cm³/mol. The smallest absolute Gasteiger partial charge is 0.422 e. The highest BCUT2D eigenvalue weighted by atomic mass is 16.6. The van der Waals surface area contributed by atoms with Crippen LogP contribution in [0.15, 0.2) is 12.2 Å². The number of ether oxygens (including phenoxy) is 1. The van der Waals surface area contributed by atoms with Crippen LogP contribution >= 0.6 is 0 Å². The summed E-state index contributed by atoms with van der Waals surface area (Å²) in [6.07, 6.45) is 14.9. The lowest BCUT2D eigenvalue weighted by Crippen LogP contribution is -2.50. The fourth-order valence-electron chi connectivity index (χ4n) is 3.60. The Morgan fingerprint density at radius 3 is 2.09 bits per heavy atom. The van der Waals surface area contributed by atoms with E-state index in [0.29, 0.717) is 19.4 Å². The number of hydrogen-bond acceptors (Lipinski definition) is 5. The molecule has 1 unspecified atom stereocenters. The fraction of sp³-hybridized carbons (Fsp3) is 0.808. The van der Waals surface area contributed by atoms with Gasteiger partial charge < -0.3 is 14.9 Å². The van der Waals surface area contributed by atoms with Gasteiger partial charge in [-0.15, -0.1) is 0 Å². The van der Waals surface area contributed by atoms with Gasteiger partial charge in [0, 0.05) is 25.4 Å². The Kier molecular flexibility index (Phi) is 18.1. The van der Waals surface area contributed by atoms with Crippen LogP contribution in [0.3, 0.4) is 0 Å². The van der Waals surface area contributed by atoms with Crippen molar-refractivity contribution < 1.29 is 29.3 Å². The van der Waals surface area contributed by atoms with Gasteiger partial charge in [0.15, 0.2) is 0 Å². The molecule has 0 heterocycles. The highest BCUT2D eigenvalue weighted by Crippen LogP contribution is 2.16. The molecule has 0 aliphatic rings. The zero-order valence-electron chi connectivity index (χ0n) is 21.8. The molecule has 8 nitrogen and oxygen atoms in total. The standard InChI is InChI=1S/C26H48N2O6/c1-5-6-7-8-9-10-12-17-22(18-14-15-20-24(31)32)28(21-16-11-13-19-23(29)30)27-25(33)34-26(2,3)4/h10,12,22H,5-9,11,13-21H2,1-4H3,(H,27,33)(H,29,30)(H,31,32)/b12-10-. The van der Waals surface area contributed by atoms with Crippen molar-refractivity contribution >= 4 is 18.0 Å². The molecule has 3 N–H and O–H groups in total. The number of allylic oxidation sites excluding steroid dienone is 1. The third kappa shape index (κ3) is 20.5. The Morgan fingerprint density at radius 1 is 0.882 bits per heavy atom. The van der Waals surface area contributed by atoms with Crippen molar-refractivity contribution in [3.05, 3.63) is 12.2 Å². The van der Waals surface area contributed by atoms with Crippen molar-refractivity contribution in [2.24, 2.45) is 0 Å². The van der Waals surface area contributed by atoms with E-state index in [-0.39, 0.29) is 18.9 Å². The van der Waals surface area contributed by atoms with Gasteiger partial charge in [0.1, 0.15) is 5.60 Å². The topological polar surface area (TPSA) is 116 Å². The number of hydrazine groups is 1. The summed E-state index contributed by atoms with van der Waals surface area (Å²) in [6, 6.07) is 0.00711. The van der Waals surface area contributed by atoms with Crippen molar-refractivity contribution in [2.75, 3.05) is 6.54 Å². The number of unbranched alkanes of at least 4 members (excludes halogenated alkanes) is 7. The molecule has 0 aromatic heterocycles. The van der Waals surface area contributed by atoms with Crippen molar-refractivity contribution in [3.63, 3.8) is 0 Å². The van der Waals surface area contributed by atoms with Crippen LogP contribution < -0.4 is 5.43 Å². The summed E-state index contributed by atoms with van der Waals surface area (Å²) in [5.74, 6) is -1.60. The van der Waals surface area contributed by atoms with Crippen molar-refractivity contribution in [1.29, 1.82) is 0 Å². The second-order valence-corrected chi connectivity index (χ2v) is 9.86. The highest BCUT2D eigenvalue weighted by molar-refractivity contribution is 5.67. The summed E-state index contributed by atoms with van der Waals surface area (Å²) in [6.45, 7) is 8.21. The molecule has 8 heteroatoms. The molecular weight excluding hydrogens is 436 g/mol. The Balaban J connectivity index is 5.13. The summed E-state index contributed by atoms with van der Waals surface area (Å²) in [4.78, 5) is 34.2. The van der Waals surface area contributed by atoms with E-state index in [0.717, 1.165) is 44.9 Å². The van der Waals surface area contributed by atoms with E-state index in [1.807, 2.05) is 25.8 Å².